The Kier molecular flexibility index (Phi) is 5.38. The Morgan fingerprint density at radius 1 is 1.24 bits per heavy atom. The van der Waals surface area contributed by atoms with E-state index in [0.717, 1.165) is 3.57 Å². The van der Waals surface area contributed by atoms with Crippen molar-refractivity contribution in [2.24, 2.45) is 0 Å². The van der Waals surface area contributed by atoms with Gasteiger partial charge in [0, 0.05) is 10.6 Å². The highest BCUT2D eigenvalue weighted by molar-refractivity contribution is 14.1. The number of halogens is 1. The van der Waals surface area contributed by atoms with Crippen molar-refractivity contribution < 1.29 is 18.7 Å². The van der Waals surface area contributed by atoms with E-state index in [4.69, 9.17) is 9.15 Å². The van der Waals surface area contributed by atoms with Crippen molar-refractivity contribution in [2.45, 2.75) is 6.54 Å². The summed E-state index contributed by atoms with van der Waals surface area (Å²) in [5.74, 6) is -0.119. The van der Waals surface area contributed by atoms with Crippen LogP contribution in [0.25, 0.3) is 0 Å². The Bertz CT molecular complexity index is 607. The van der Waals surface area contributed by atoms with E-state index in [1.165, 1.54) is 4.90 Å². The summed E-state index contributed by atoms with van der Waals surface area (Å²) in [6, 6.07) is 10.5. The minimum Gasteiger partial charge on any atom is -0.467 e. The fraction of sp³-hybridized carbons (Fsp3) is 0.200. The van der Waals surface area contributed by atoms with Crippen LogP contribution in [0.2, 0.25) is 0 Å². The first-order chi connectivity index (χ1) is 10.1. The third kappa shape index (κ3) is 4.59. The Balaban J connectivity index is 1.83. The summed E-state index contributed by atoms with van der Waals surface area (Å²) >= 11 is 2.15. The smallest absolute Gasteiger partial charge is 0.338 e. The molecular weight excluding hydrogens is 385 g/mol. The van der Waals surface area contributed by atoms with Gasteiger partial charge in [-0.2, -0.15) is 0 Å². The van der Waals surface area contributed by atoms with Gasteiger partial charge in [0.25, 0.3) is 5.91 Å². The first-order valence-electron chi connectivity index (χ1n) is 6.25. The van der Waals surface area contributed by atoms with Crippen molar-refractivity contribution in [3.8, 4) is 0 Å². The van der Waals surface area contributed by atoms with Crippen LogP contribution >= 0.6 is 22.6 Å². The zero-order valence-corrected chi connectivity index (χ0v) is 13.6. The van der Waals surface area contributed by atoms with E-state index in [0.29, 0.717) is 17.9 Å². The Morgan fingerprint density at radius 3 is 2.57 bits per heavy atom. The Morgan fingerprint density at radius 2 is 1.95 bits per heavy atom. The number of carbonyl (C=O) groups excluding carboxylic acids is 2. The number of ether oxygens (including phenoxy) is 1. The van der Waals surface area contributed by atoms with Gasteiger partial charge < -0.3 is 14.1 Å². The summed E-state index contributed by atoms with van der Waals surface area (Å²) in [7, 11) is 1.63. The van der Waals surface area contributed by atoms with Crippen molar-refractivity contribution in [1.29, 1.82) is 0 Å². The summed E-state index contributed by atoms with van der Waals surface area (Å²) in [5.41, 5.74) is 0.428. The maximum absolute atomic E-state index is 11.9. The van der Waals surface area contributed by atoms with E-state index in [9.17, 15) is 9.59 Å². The molecule has 0 saturated carbocycles. The van der Waals surface area contributed by atoms with Crippen molar-refractivity contribution in [3.05, 3.63) is 57.6 Å². The summed E-state index contributed by atoms with van der Waals surface area (Å²) in [4.78, 5) is 25.1. The monoisotopic (exact) mass is 399 g/mol. The fourth-order valence-corrected chi connectivity index (χ4v) is 1.99. The average molecular weight is 399 g/mol. The second-order valence-electron chi connectivity index (χ2n) is 4.41. The predicted molar refractivity (Wildman–Crippen MR) is 84.6 cm³/mol. The molecule has 21 heavy (non-hydrogen) atoms. The van der Waals surface area contributed by atoms with Gasteiger partial charge in [-0.25, -0.2) is 4.79 Å². The quantitative estimate of drug-likeness (QED) is 0.573. The van der Waals surface area contributed by atoms with Crippen LogP contribution in [0.3, 0.4) is 0 Å². The van der Waals surface area contributed by atoms with Crippen LogP contribution in [0.5, 0.6) is 0 Å². The summed E-state index contributed by atoms with van der Waals surface area (Å²) in [6.07, 6.45) is 1.55. The zero-order chi connectivity index (χ0) is 15.2. The van der Waals surface area contributed by atoms with Crippen LogP contribution in [0.4, 0.5) is 0 Å². The number of carbonyl (C=O) groups is 2. The van der Waals surface area contributed by atoms with Crippen LogP contribution in [0, 0.1) is 3.57 Å². The topological polar surface area (TPSA) is 59.8 Å². The molecule has 0 unspecified atom stereocenters. The van der Waals surface area contributed by atoms with Gasteiger partial charge >= 0.3 is 5.97 Å². The highest BCUT2D eigenvalue weighted by Crippen LogP contribution is 2.08. The molecular formula is C15H14INO4. The van der Waals surface area contributed by atoms with E-state index in [1.54, 1.807) is 37.6 Å². The summed E-state index contributed by atoms with van der Waals surface area (Å²) in [5, 5.41) is 0. The molecule has 1 amide bonds. The minimum absolute atomic E-state index is 0.287. The molecule has 0 fully saturated rings. The van der Waals surface area contributed by atoms with E-state index in [2.05, 4.69) is 22.6 Å². The molecule has 0 radical (unpaired) electrons. The predicted octanol–water partition coefficient (Wildman–Crippen LogP) is 2.70. The third-order valence-electron chi connectivity index (χ3n) is 2.81. The molecule has 0 aliphatic carbocycles. The van der Waals surface area contributed by atoms with Gasteiger partial charge in [-0.15, -0.1) is 0 Å². The fourth-order valence-electron chi connectivity index (χ4n) is 1.63. The van der Waals surface area contributed by atoms with Crippen molar-refractivity contribution in [2.75, 3.05) is 13.7 Å². The first kappa shape index (κ1) is 15.6. The lowest BCUT2D eigenvalue weighted by Gasteiger charge is -2.15. The number of nitrogens with zero attached hydrogens (tertiary/aromatic N) is 1. The number of rotatable bonds is 5. The van der Waals surface area contributed by atoms with Crippen molar-refractivity contribution >= 4 is 34.5 Å². The van der Waals surface area contributed by atoms with E-state index >= 15 is 0 Å². The molecule has 0 bridgehead atoms. The number of hydrogen-bond acceptors (Lipinski definition) is 4. The van der Waals surface area contributed by atoms with Gasteiger partial charge in [0.15, 0.2) is 6.61 Å². The number of amides is 1. The zero-order valence-electron chi connectivity index (χ0n) is 11.4. The van der Waals surface area contributed by atoms with Crippen molar-refractivity contribution in [3.63, 3.8) is 0 Å². The Hall–Kier alpha value is -1.83. The largest absolute Gasteiger partial charge is 0.467 e. The molecule has 1 aromatic carbocycles. The second kappa shape index (κ2) is 7.26. The van der Waals surface area contributed by atoms with E-state index in [-0.39, 0.29) is 12.5 Å². The lowest BCUT2D eigenvalue weighted by Crippen LogP contribution is -2.30. The number of benzene rings is 1. The Labute approximate surface area is 136 Å². The lowest BCUT2D eigenvalue weighted by molar-refractivity contribution is -0.133. The molecule has 0 aliphatic heterocycles. The van der Waals surface area contributed by atoms with Gasteiger partial charge in [-0.05, 0) is 59.0 Å². The van der Waals surface area contributed by atoms with Gasteiger partial charge in [0.05, 0.1) is 18.4 Å². The summed E-state index contributed by atoms with van der Waals surface area (Å²) < 4.78 is 11.2. The van der Waals surface area contributed by atoms with Gasteiger partial charge in [0.2, 0.25) is 0 Å². The molecule has 110 valence electrons. The molecule has 5 nitrogen and oxygen atoms in total. The normalized spacial score (nSPS) is 10.2. The van der Waals surface area contributed by atoms with Crippen LogP contribution < -0.4 is 0 Å². The van der Waals surface area contributed by atoms with Gasteiger partial charge in [-0.1, -0.05) is 0 Å². The number of likely N-dealkylation sites (N-methyl/N-ethyl adjacent to an activating group) is 1. The van der Waals surface area contributed by atoms with Gasteiger partial charge in [0.1, 0.15) is 5.76 Å². The van der Waals surface area contributed by atoms with Gasteiger partial charge in [-0.3, -0.25) is 4.79 Å². The highest BCUT2D eigenvalue weighted by Gasteiger charge is 2.14. The number of hydrogen-bond donors (Lipinski definition) is 0. The minimum atomic E-state index is -0.508. The average Bonchev–Trinajstić information content (AvgIpc) is 2.98. The summed E-state index contributed by atoms with van der Waals surface area (Å²) in [6.45, 7) is 0.0505. The van der Waals surface area contributed by atoms with Crippen LogP contribution in [-0.2, 0) is 16.1 Å². The molecule has 0 atom stereocenters. The molecule has 0 spiro atoms. The second-order valence-corrected chi connectivity index (χ2v) is 5.66. The molecule has 6 heteroatoms. The van der Waals surface area contributed by atoms with Crippen LogP contribution in [0.15, 0.2) is 47.1 Å². The number of furan rings is 1. The maximum atomic E-state index is 11.9. The molecule has 0 saturated heterocycles. The number of esters is 1. The standard InChI is InChI=1S/C15H14INO4/c1-17(9-13-3-2-8-20-13)14(18)10-21-15(19)11-4-6-12(16)7-5-11/h2-8H,9-10H2,1H3. The molecule has 0 N–H and O–H groups in total. The van der Waals surface area contributed by atoms with Crippen LogP contribution in [0.1, 0.15) is 16.1 Å². The highest BCUT2D eigenvalue weighted by atomic mass is 127. The molecule has 1 heterocycles. The maximum Gasteiger partial charge on any atom is 0.338 e. The first-order valence-corrected chi connectivity index (χ1v) is 7.33. The SMILES string of the molecule is CN(Cc1ccco1)C(=O)COC(=O)c1ccc(I)cc1. The molecule has 0 aliphatic rings. The van der Waals surface area contributed by atoms with E-state index < -0.39 is 5.97 Å². The molecule has 1 aromatic heterocycles. The van der Waals surface area contributed by atoms with E-state index in [1.807, 2.05) is 12.1 Å². The third-order valence-corrected chi connectivity index (χ3v) is 3.52. The van der Waals surface area contributed by atoms with Crippen LogP contribution in [-0.4, -0.2) is 30.4 Å². The molecule has 2 rings (SSSR count). The lowest BCUT2D eigenvalue weighted by atomic mass is 10.2. The van der Waals surface area contributed by atoms with Crippen molar-refractivity contribution in [1.82, 2.24) is 4.90 Å². The molecule has 2 aromatic rings.